The predicted octanol–water partition coefficient (Wildman–Crippen LogP) is 0.244. The molecule has 0 rings (SSSR count). The predicted molar refractivity (Wildman–Crippen MR) is 29.9 cm³/mol. The highest BCUT2D eigenvalue weighted by atomic mass is 32.2. The van der Waals surface area contributed by atoms with Crippen molar-refractivity contribution in [2.24, 2.45) is 0 Å². The quantitative estimate of drug-likeness (QED) is 0.319. The SMILES string of the molecule is C#C.C[S+](C)[O-]. The van der Waals surface area contributed by atoms with Crippen molar-refractivity contribution in [2.45, 2.75) is 0 Å². The fraction of sp³-hybridized carbons (Fsp3) is 0.500. The molecule has 0 heterocycles. The monoisotopic (exact) mass is 104 g/mol. The first-order valence-corrected chi connectivity index (χ1v) is 3.28. The van der Waals surface area contributed by atoms with E-state index in [0.29, 0.717) is 0 Å². The van der Waals surface area contributed by atoms with Crippen LogP contribution in [0, 0.1) is 12.8 Å². The Morgan fingerprint density at radius 1 is 1.33 bits per heavy atom. The largest absolute Gasteiger partial charge is 0.617 e. The lowest BCUT2D eigenvalue weighted by atomic mass is 11.4. The zero-order valence-corrected chi connectivity index (χ0v) is 4.79. The summed E-state index contributed by atoms with van der Waals surface area (Å²) in [5.41, 5.74) is 0. The standard InChI is InChI=1S/C2H6OS.C2H2/c1-4(2)3;1-2/h1-2H3;1-2H. The summed E-state index contributed by atoms with van der Waals surface area (Å²) in [6.07, 6.45) is 11.3. The van der Waals surface area contributed by atoms with Crippen LogP contribution in [-0.2, 0) is 11.2 Å². The van der Waals surface area contributed by atoms with Gasteiger partial charge in [0.1, 0.15) is 0 Å². The summed E-state index contributed by atoms with van der Waals surface area (Å²) in [6, 6.07) is 0. The van der Waals surface area contributed by atoms with Gasteiger partial charge in [-0.25, -0.2) is 0 Å². The fourth-order valence-electron chi connectivity index (χ4n) is 0. The highest BCUT2D eigenvalue weighted by Crippen LogP contribution is 1.61. The Kier molecular flexibility index (Phi) is 13.7. The number of terminal acetylenes is 1. The van der Waals surface area contributed by atoms with E-state index in [0.717, 1.165) is 0 Å². The molecule has 1 nitrogen and oxygen atoms in total. The summed E-state index contributed by atoms with van der Waals surface area (Å²) in [6.45, 7) is 0. The molecule has 0 aliphatic heterocycles. The highest BCUT2D eigenvalue weighted by Gasteiger charge is 1.66. The minimum Gasteiger partial charge on any atom is -0.617 e. The Bertz CT molecular complexity index is 29.0. The van der Waals surface area contributed by atoms with Gasteiger partial charge < -0.3 is 4.55 Å². The van der Waals surface area contributed by atoms with E-state index in [2.05, 4.69) is 12.8 Å². The third-order valence-corrected chi connectivity index (χ3v) is 0. The molecule has 2 heteroatoms. The Morgan fingerprint density at radius 2 is 1.33 bits per heavy atom. The van der Waals surface area contributed by atoms with Gasteiger partial charge in [0.25, 0.3) is 0 Å². The maximum Gasteiger partial charge on any atom is 0.0946 e. The van der Waals surface area contributed by atoms with E-state index in [1.807, 2.05) is 0 Å². The van der Waals surface area contributed by atoms with Crippen LogP contribution in [0.25, 0.3) is 0 Å². The topological polar surface area (TPSA) is 23.1 Å². The molecule has 0 saturated carbocycles. The second kappa shape index (κ2) is 8.85. The van der Waals surface area contributed by atoms with Gasteiger partial charge >= 0.3 is 0 Å². The van der Waals surface area contributed by atoms with Gasteiger partial charge in [0.05, 0.1) is 12.5 Å². The molecule has 0 spiro atoms. The molecule has 36 valence electrons. The average Bonchev–Trinajstić information content (AvgIpc) is 1.41. The summed E-state index contributed by atoms with van der Waals surface area (Å²) in [5, 5.41) is 0. The molecule has 0 N–H and O–H groups in total. The molecule has 0 aliphatic rings. The number of hydrogen-bond acceptors (Lipinski definition) is 1. The summed E-state index contributed by atoms with van der Waals surface area (Å²) >= 11 is -0.611. The first-order chi connectivity index (χ1) is 2.73. The molecule has 0 aromatic carbocycles. The van der Waals surface area contributed by atoms with Crippen LogP contribution in [0.1, 0.15) is 0 Å². The van der Waals surface area contributed by atoms with Crippen molar-refractivity contribution in [3.05, 3.63) is 0 Å². The van der Waals surface area contributed by atoms with Crippen LogP contribution in [0.2, 0.25) is 0 Å². The molecular weight excluding hydrogens is 96.1 g/mol. The normalized spacial score (nSPS) is 6.33. The second-order valence-corrected chi connectivity index (χ2v) is 2.22. The number of hydrogen-bond donors (Lipinski definition) is 0. The van der Waals surface area contributed by atoms with E-state index >= 15 is 0 Å². The molecule has 0 aromatic rings. The van der Waals surface area contributed by atoms with E-state index in [9.17, 15) is 4.55 Å². The summed E-state index contributed by atoms with van der Waals surface area (Å²) < 4.78 is 9.56. The highest BCUT2D eigenvalue weighted by molar-refractivity contribution is 7.89. The minimum atomic E-state index is -0.611. The van der Waals surface area contributed by atoms with Gasteiger partial charge in [-0.05, 0) is 0 Å². The molecule has 0 radical (unpaired) electrons. The van der Waals surface area contributed by atoms with Crippen LogP contribution in [-0.4, -0.2) is 17.1 Å². The van der Waals surface area contributed by atoms with Crippen LogP contribution in [0.15, 0.2) is 0 Å². The average molecular weight is 104 g/mol. The van der Waals surface area contributed by atoms with Crippen molar-refractivity contribution >= 4 is 11.2 Å². The smallest absolute Gasteiger partial charge is 0.0946 e. The Morgan fingerprint density at radius 3 is 1.33 bits per heavy atom. The van der Waals surface area contributed by atoms with Crippen molar-refractivity contribution in [3.8, 4) is 12.8 Å². The summed E-state index contributed by atoms with van der Waals surface area (Å²) in [5.74, 6) is 0. The maximum atomic E-state index is 9.56. The zero-order chi connectivity index (χ0) is 5.58. The van der Waals surface area contributed by atoms with Gasteiger partial charge in [-0.15, -0.1) is 12.8 Å². The number of rotatable bonds is 0. The van der Waals surface area contributed by atoms with Crippen LogP contribution in [0.3, 0.4) is 0 Å². The lowest BCUT2D eigenvalue weighted by molar-refractivity contribution is 0.606. The molecule has 0 atom stereocenters. The molecule has 6 heavy (non-hydrogen) atoms. The molecule has 0 bridgehead atoms. The van der Waals surface area contributed by atoms with Crippen LogP contribution >= 0.6 is 0 Å². The lowest BCUT2D eigenvalue weighted by Gasteiger charge is -1.87. The van der Waals surface area contributed by atoms with Crippen molar-refractivity contribution in [3.63, 3.8) is 0 Å². The molecule has 0 fully saturated rings. The third kappa shape index (κ3) is 1890. The van der Waals surface area contributed by atoms with Crippen LogP contribution in [0.5, 0.6) is 0 Å². The molecule has 0 saturated heterocycles. The van der Waals surface area contributed by atoms with Gasteiger partial charge in [-0.3, -0.25) is 0 Å². The molecular formula is C4H8OS. The minimum absolute atomic E-state index is 0.611. The van der Waals surface area contributed by atoms with Crippen molar-refractivity contribution in [2.75, 3.05) is 12.5 Å². The zero-order valence-electron chi connectivity index (χ0n) is 3.97. The molecule has 0 aromatic heterocycles. The third-order valence-electron chi connectivity index (χ3n) is 0. The Labute approximate surface area is 41.9 Å². The second-order valence-electron chi connectivity index (χ2n) is 0.742. The van der Waals surface area contributed by atoms with E-state index in [1.54, 1.807) is 12.5 Å². The van der Waals surface area contributed by atoms with Gasteiger partial charge in [-0.2, -0.15) is 0 Å². The van der Waals surface area contributed by atoms with E-state index in [-0.39, 0.29) is 0 Å². The Hall–Kier alpha value is -0.130. The Balaban J connectivity index is 0. The maximum absolute atomic E-state index is 9.56. The van der Waals surface area contributed by atoms with E-state index in [1.165, 1.54) is 0 Å². The first kappa shape index (κ1) is 9.30. The van der Waals surface area contributed by atoms with Crippen molar-refractivity contribution < 1.29 is 4.55 Å². The van der Waals surface area contributed by atoms with E-state index in [4.69, 9.17) is 0 Å². The van der Waals surface area contributed by atoms with Gasteiger partial charge in [-0.1, -0.05) is 11.2 Å². The summed E-state index contributed by atoms with van der Waals surface area (Å²) in [7, 11) is 0. The van der Waals surface area contributed by atoms with Crippen molar-refractivity contribution in [1.29, 1.82) is 0 Å². The van der Waals surface area contributed by atoms with Gasteiger partial charge in [0.2, 0.25) is 0 Å². The van der Waals surface area contributed by atoms with Gasteiger partial charge in [0.15, 0.2) is 0 Å². The van der Waals surface area contributed by atoms with Gasteiger partial charge in [0, 0.05) is 0 Å². The summed E-state index contributed by atoms with van der Waals surface area (Å²) in [4.78, 5) is 0. The fourth-order valence-corrected chi connectivity index (χ4v) is 0. The van der Waals surface area contributed by atoms with Crippen LogP contribution in [0.4, 0.5) is 0 Å². The van der Waals surface area contributed by atoms with Crippen LogP contribution < -0.4 is 0 Å². The van der Waals surface area contributed by atoms with Crippen molar-refractivity contribution in [1.82, 2.24) is 0 Å². The molecule has 0 unspecified atom stereocenters. The first-order valence-electron chi connectivity index (χ1n) is 1.32. The van der Waals surface area contributed by atoms with E-state index < -0.39 is 11.2 Å². The molecule has 0 amide bonds. The molecule has 0 aliphatic carbocycles. The lowest BCUT2D eigenvalue weighted by Crippen LogP contribution is -1.86.